The Balaban J connectivity index is 4.46. The molecule has 36 heavy (non-hydrogen) atoms. The third kappa shape index (κ3) is 14.4. The Morgan fingerprint density at radius 2 is 1.19 bits per heavy atom. The van der Waals surface area contributed by atoms with Crippen molar-refractivity contribution in [1.29, 1.82) is 0 Å². The zero-order chi connectivity index (χ0) is 28.2. The van der Waals surface area contributed by atoms with Crippen LogP contribution < -0.4 is 5.32 Å². The number of amides is 1. The van der Waals surface area contributed by atoms with Gasteiger partial charge in [-0.2, -0.15) is 0 Å². The molecule has 0 rings (SSSR count). The van der Waals surface area contributed by atoms with Crippen LogP contribution in [0.5, 0.6) is 0 Å². The van der Waals surface area contributed by atoms with Crippen molar-refractivity contribution >= 4 is 22.1 Å². The van der Waals surface area contributed by atoms with Gasteiger partial charge in [0.05, 0.1) is 41.6 Å². The molecule has 0 aromatic rings. The van der Waals surface area contributed by atoms with E-state index in [1.807, 2.05) is 0 Å². The quantitative estimate of drug-likeness (QED) is 0.112. The predicted molar refractivity (Wildman–Crippen MR) is 158 cm³/mol. The van der Waals surface area contributed by atoms with E-state index < -0.39 is 28.4 Å². The van der Waals surface area contributed by atoms with E-state index in [9.17, 15) is 15.0 Å². The lowest BCUT2D eigenvalue weighted by molar-refractivity contribution is -0.117. The predicted octanol–water partition coefficient (Wildman–Crippen LogP) is 5.99. The first-order valence-corrected chi connectivity index (χ1v) is 20.2. The van der Waals surface area contributed by atoms with Crippen molar-refractivity contribution in [3.05, 3.63) is 12.7 Å². The molecule has 0 heterocycles. The summed E-state index contributed by atoms with van der Waals surface area (Å²) in [7, 11) is -2.64. The molecule has 2 atom stereocenters. The average molecular weight is 546 g/mol. The van der Waals surface area contributed by atoms with E-state index in [1.165, 1.54) is 18.2 Å². The maximum atomic E-state index is 11.9. The smallest absolute Gasteiger partial charge is 0.243 e. The fraction of sp³-hybridized carbons (Fsp3) is 0.893. The van der Waals surface area contributed by atoms with Gasteiger partial charge in [-0.25, -0.2) is 0 Å². The number of aliphatic hydroxyl groups excluding tert-OH is 2. The fourth-order valence-electron chi connectivity index (χ4n) is 3.69. The number of hydrogen-bond acceptors (Lipinski definition) is 5. The van der Waals surface area contributed by atoms with Crippen LogP contribution >= 0.6 is 0 Å². The molecule has 0 fully saturated rings. The summed E-state index contributed by atoms with van der Waals surface area (Å²) in [6.07, 6.45) is 2.38. The van der Waals surface area contributed by atoms with Crippen LogP contribution in [-0.4, -0.2) is 76.9 Å². The standard InChI is InChI=1S/C28H59NO5Si2/c1-12-26(32)29-23(19-24(30)21-33-15-13-17-35(8,9)27(2,3)4)20-25(31)22-34-16-14-18-36(10,11)28(5,6)7/h12,23-25,30-31H,1,13-22H2,2-11H3,(H,29,32). The number of nitrogens with one attached hydrogen (secondary N) is 1. The van der Waals surface area contributed by atoms with Crippen molar-refractivity contribution in [1.82, 2.24) is 5.32 Å². The summed E-state index contributed by atoms with van der Waals surface area (Å²) in [5.74, 6) is -0.315. The Morgan fingerprint density at radius 3 is 1.50 bits per heavy atom. The van der Waals surface area contributed by atoms with Crippen molar-refractivity contribution < 1.29 is 24.5 Å². The average Bonchev–Trinajstić information content (AvgIpc) is 2.71. The second kappa shape index (κ2) is 15.8. The lowest BCUT2D eigenvalue weighted by Gasteiger charge is -2.37. The zero-order valence-electron chi connectivity index (χ0n) is 25.2. The number of ether oxygens (including phenoxy) is 2. The van der Waals surface area contributed by atoms with Gasteiger partial charge in [0, 0.05) is 19.3 Å². The molecule has 0 aliphatic carbocycles. The molecule has 0 aliphatic rings. The van der Waals surface area contributed by atoms with Crippen LogP contribution in [0.15, 0.2) is 12.7 Å². The molecular formula is C28H59NO5Si2. The highest BCUT2D eigenvalue weighted by atomic mass is 28.3. The Kier molecular flexibility index (Phi) is 15.6. The van der Waals surface area contributed by atoms with Gasteiger partial charge in [-0.15, -0.1) is 0 Å². The zero-order valence-corrected chi connectivity index (χ0v) is 27.2. The summed E-state index contributed by atoms with van der Waals surface area (Å²) >= 11 is 0. The molecule has 6 nitrogen and oxygen atoms in total. The van der Waals surface area contributed by atoms with Gasteiger partial charge in [-0.05, 0) is 41.8 Å². The first-order valence-electron chi connectivity index (χ1n) is 13.8. The van der Waals surface area contributed by atoms with Crippen molar-refractivity contribution in [3.8, 4) is 0 Å². The summed E-state index contributed by atoms with van der Waals surface area (Å²) in [5.41, 5.74) is 0. The molecule has 0 spiro atoms. The molecule has 0 bridgehead atoms. The number of carbonyl (C=O) groups excluding carboxylic acids is 1. The van der Waals surface area contributed by atoms with Crippen LogP contribution in [-0.2, 0) is 14.3 Å². The Bertz CT molecular complexity index is 597. The number of hydrogen-bond donors (Lipinski definition) is 3. The Hall–Kier alpha value is -0.516. The summed E-state index contributed by atoms with van der Waals surface area (Å²) in [4.78, 5) is 11.9. The van der Waals surface area contributed by atoms with Crippen molar-refractivity contribution in [2.24, 2.45) is 0 Å². The molecule has 0 radical (unpaired) electrons. The summed E-state index contributed by atoms with van der Waals surface area (Å²) in [5, 5.41) is 24.5. The van der Waals surface area contributed by atoms with Crippen molar-refractivity contribution in [2.75, 3.05) is 26.4 Å². The van der Waals surface area contributed by atoms with Crippen LogP contribution in [0, 0.1) is 0 Å². The summed E-state index contributed by atoms with van der Waals surface area (Å²) in [6.45, 7) is 28.7. The summed E-state index contributed by atoms with van der Waals surface area (Å²) < 4.78 is 11.5. The minimum Gasteiger partial charge on any atom is -0.391 e. The topological polar surface area (TPSA) is 88.0 Å². The second-order valence-electron chi connectivity index (χ2n) is 13.8. The van der Waals surface area contributed by atoms with Crippen molar-refractivity contribution in [2.45, 2.75) is 134 Å². The van der Waals surface area contributed by atoms with Gasteiger partial charge in [0.25, 0.3) is 0 Å². The van der Waals surface area contributed by atoms with Crippen LogP contribution in [0.4, 0.5) is 0 Å². The Morgan fingerprint density at radius 1 is 0.833 bits per heavy atom. The van der Waals surface area contributed by atoms with Gasteiger partial charge in [0.2, 0.25) is 5.91 Å². The van der Waals surface area contributed by atoms with E-state index in [4.69, 9.17) is 9.47 Å². The van der Waals surface area contributed by atoms with E-state index in [1.54, 1.807) is 0 Å². The van der Waals surface area contributed by atoms with Gasteiger partial charge in [0.15, 0.2) is 0 Å². The lowest BCUT2D eigenvalue weighted by Crippen LogP contribution is -2.40. The molecule has 0 aliphatic heterocycles. The van der Waals surface area contributed by atoms with Gasteiger partial charge in [0.1, 0.15) is 0 Å². The fourth-order valence-corrected chi connectivity index (χ4v) is 7.24. The van der Waals surface area contributed by atoms with E-state index in [0.29, 0.717) is 36.1 Å². The summed E-state index contributed by atoms with van der Waals surface area (Å²) in [6, 6.07) is 1.99. The molecule has 0 aromatic heterocycles. The van der Waals surface area contributed by atoms with E-state index >= 15 is 0 Å². The van der Waals surface area contributed by atoms with E-state index in [2.05, 4.69) is 79.6 Å². The molecule has 214 valence electrons. The SMILES string of the molecule is C=CC(=O)NC(CC(O)COCCC[Si](C)(C)C(C)(C)C)CC(O)COCCC[Si](C)(C)C(C)(C)C. The highest BCUT2D eigenvalue weighted by Gasteiger charge is 2.35. The number of rotatable bonds is 18. The maximum Gasteiger partial charge on any atom is 0.243 e. The largest absolute Gasteiger partial charge is 0.391 e. The second-order valence-corrected chi connectivity index (χ2v) is 25.3. The lowest BCUT2D eigenvalue weighted by atomic mass is 10.0. The van der Waals surface area contributed by atoms with Gasteiger partial charge < -0.3 is 25.0 Å². The van der Waals surface area contributed by atoms with Gasteiger partial charge >= 0.3 is 0 Å². The minimum absolute atomic E-state index is 0.220. The molecule has 2 unspecified atom stereocenters. The number of carbonyl (C=O) groups is 1. The molecule has 0 saturated carbocycles. The molecule has 1 amide bonds. The van der Waals surface area contributed by atoms with Crippen LogP contribution in [0.25, 0.3) is 0 Å². The maximum absolute atomic E-state index is 11.9. The first kappa shape index (κ1) is 35.5. The minimum atomic E-state index is -1.32. The van der Waals surface area contributed by atoms with E-state index in [-0.39, 0.29) is 25.2 Å². The monoisotopic (exact) mass is 545 g/mol. The number of aliphatic hydroxyl groups is 2. The highest BCUT2D eigenvalue weighted by molar-refractivity contribution is 6.80. The van der Waals surface area contributed by atoms with Crippen LogP contribution in [0.1, 0.15) is 67.2 Å². The molecular weight excluding hydrogens is 486 g/mol. The third-order valence-electron chi connectivity index (χ3n) is 8.51. The first-order chi connectivity index (χ1) is 16.3. The van der Waals surface area contributed by atoms with Gasteiger partial charge in [-0.1, -0.05) is 86.4 Å². The highest BCUT2D eigenvalue weighted by Crippen LogP contribution is 2.40. The Labute approximate surface area is 224 Å². The molecule has 3 N–H and O–H groups in total. The van der Waals surface area contributed by atoms with Crippen molar-refractivity contribution in [3.63, 3.8) is 0 Å². The third-order valence-corrected chi connectivity index (χ3v) is 19.8. The van der Waals surface area contributed by atoms with Gasteiger partial charge in [-0.3, -0.25) is 4.79 Å². The molecule has 0 saturated heterocycles. The van der Waals surface area contributed by atoms with Crippen LogP contribution in [0.2, 0.25) is 48.4 Å². The molecule has 0 aromatic carbocycles. The molecule has 8 heteroatoms. The van der Waals surface area contributed by atoms with E-state index in [0.717, 1.165) is 12.8 Å². The van der Waals surface area contributed by atoms with Crippen LogP contribution in [0.3, 0.4) is 0 Å². The normalized spacial score (nSPS) is 15.9.